The van der Waals surface area contributed by atoms with Gasteiger partial charge in [0, 0.05) is 33.7 Å². The summed E-state index contributed by atoms with van der Waals surface area (Å²) < 4.78 is 38.3. The largest absolute Gasteiger partial charge is 0.353 e. The molecule has 0 aromatic heterocycles. The van der Waals surface area contributed by atoms with Gasteiger partial charge in [0.1, 0.15) is 11.9 Å². The Morgan fingerprint density at radius 1 is 1.39 bits per heavy atom. The molecule has 1 aromatic carbocycles. The number of carbonyl (C=O) groups is 1. The first-order valence-electron chi connectivity index (χ1n) is 7.49. The lowest BCUT2D eigenvalue weighted by Gasteiger charge is -2.35. The van der Waals surface area contributed by atoms with E-state index in [1.54, 1.807) is 12.1 Å². The van der Waals surface area contributed by atoms with E-state index in [2.05, 4.69) is 5.32 Å². The van der Waals surface area contributed by atoms with Crippen molar-refractivity contribution in [1.82, 2.24) is 14.5 Å². The SMILES string of the molecule is CN(C)S(=O)(=O)CCCN1CCNC(=O)[C@H]1c1cccc(F)c1. The third-order valence-corrected chi connectivity index (χ3v) is 5.80. The monoisotopic (exact) mass is 343 g/mol. The minimum absolute atomic E-state index is 0.0218. The predicted octanol–water partition coefficient (Wildman–Crippen LogP) is 0.580. The molecule has 0 unspecified atom stereocenters. The van der Waals surface area contributed by atoms with Gasteiger partial charge in [0.2, 0.25) is 15.9 Å². The van der Waals surface area contributed by atoms with Crippen LogP contribution in [0.4, 0.5) is 4.39 Å². The number of halogens is 1. The number of benzene rings is 1. The number of rotatable bonds is 6. The fraction of sp³-hybridized carbons (Fsp3) is 0.533. The van der Waals surface area contributed by atoms with Gasteiger partial charge in [-0.3, -0.25) is 9.69 Å². The first kappa shape index (κ1) is 17.8. The molecule has 0 aliphatic carbocycles. The van der Waals surface area contributed by atoms with E-state index in [-0.39, 0.29) is 11.7 Å². The van der Waals surface area contributed by atoms with E-state index < -0.39 is 21.9 Å². The Labute approximate surface area is 136 Å². The maximum Gasteiger partial charge on any atom is 0.242 e. The summed E-state index contributed by atoms with van der Waals surface area (Å²) in [5.41, 5.74) is 0.581. The molecular formula is C15H22FN3O3S. The van der Waals surface area contributed by atoms with Crippen molar-refractivity contribution in [2.45, 2.75) is 12.5 Å². The van der Waals surface area contributed by atoms with E-state index >= 15 is 0 Å². The van der Waals surface area contributed by atoms with Crippen LogP contribution in [0.5, 0.6) is 0 Å². The Hall–Kier alpha value is -1.51. The van der Waals surface area contributed by atoms with Gasteiger partial charge in [-0.05, 0) is 24.1 Å². The molecule has 23 heavy (non-hydrogen) atoms. The van der Waals surface area contributed by atoms with Gasteiger partial charge in [0.25, 0.3) is 0 Å². The lowest BCUT2D eigenvalue weighted by Crippen LogP contribution is -2.50. The maximum atomic E-state index is 13.4. The third kappa shape index (κ3) is 4.49. The summed E-state index contributed by atoms with van der Waals surface area (Å²) in [6.07, 6.45) is 0.416. The van der Waals surface area contributed by atoms with Gasteiger partial charge < -0.3 is 5.32 Å². The molecule has 0 saturated carbocycles. The van der Waals surface area contributed by atoms with Gasteiger partial charge in [0.05, 0.1) is 5.75 Å². The van der Waals surface area contributed by atoms with E-state index in [1.165, 1.54) is 30.5 Å². The lowest BCUT2D eigenvalue weighted by molar-refractivity contribution is -0.129. The topological polar surface area (TPSA) is 69.7 Å². The van der Waals surface area contributed by atoms with Crippen LogP contribution in [0.1, 0.15) is 18.0 Å². The van der Waals surface area contributed by atoms with Crippen LogP contribution in [0.15, 0.2) is 24.3 Å². The van der Waals surface area contributed by atoms with Gasteiger partial charge in [0.15, 0.2) is 0 Å². The number of nitrogens with one attached hydrogen (secondary N) is 1. The Morgan fingerprint density at radius 2 is 2.13 bits per heavy atom. The summed E-state index contributed by atoms with van der Waals surface area (Å²) in [5.74, 6) is -0.554. The first-order valence-corrected chi connectivity index (χ1v) is 9.09. The quantitative estimate of drug-likeness (QED) is 0.820. The molecule has 1 fully saturated rings. The molecule has 1 atom stereocenters. The summed E-state index contributed by atoms with van der Waals surface area (Å²) >= 11 is 0. The first-order chi connectivity index (χ1) is 10.8. The molecule has 1 heterocycles. The van der Waals surface area contributed by atoms with Crippen LogP contribution in [-0.4, -0.2) is 63.0 Å². The molecule has 1 aliphatic heterocycles. The molecule has 1 N–H and O–H groups in total. The lowest BCUT2D eigenvalue weighted by atomic mass is 10.0. The summed E-state index contributed by atoms with van der Waals surface area (Å²) in [6.45, 7) is 1.57. The number of hydrogen-bond acceptors (Lipinski definition) is 4. The van der Waals surface area contributed by atoms with Crippen LogP contribution in [0.3, 0.4) is 0 Å². The molecule has 128 valence electrons. The summed E-state index contributed by atoms with van der Waals surface area (Å²) in [5, 5.41) is 2.78. The molecule has 0 radical (unpaired) electrons. The zero-order valence-corrected chi connectivity index (χ0v) is 14.1. The van der Waals surface area contributed by atoms with Gasteiger partial charge in [-0.25, -0.2) is 17.1 Å². The van der Waals surface area contributed by atoms with Gasteiger partial charge in [-0.15, -0.1) is 0 Å². The van der Waals surface area contributed by atoms with E-state index in [0.29, 0.717) is 31.6 Å². The van der Waals surface area contributed by atoms with Crippen LogP contribution in [-0.2, 0) is 14.8 Å². The summed E-state index contributed by atoms with van der Waals surface area (Å²) in [4.78, 5) is 14.1. The summed E-state index contributed by atoms with van der Waals surface area (Å²) in [7, 11) is -0.257. The highest BCUT2D eigenvalue weighted by Crippen LogP contribution is 2.24. The number of carbonyl (C=O) groups excluding carboxylic acids is 1. The van der Waals surface area contributed by atoms with Crippen molar-refractivity contribution in [2.75, 3.05) is 39.5 Å². The molecule has 1 aliphatic rings. The highest BCUT2D eigenvalue weighted by Gasteiger charge is 2.31. The Morgan fingerprint density at radius 3 is 2.78 bits per heavy atom. The van der Waals surface area contributed by atoms with Crippen LogP contribution >= 0.6 is 0 Å². The fourth-order valence-electron chi connectivity index (χ4n) is 2.63. The van der Waals surface area contributed by atoms with Crippen molar-refractivity contribution in [3.8, 4) is 0 Å². The number of nitrogens with zero attached hydrogens (tertiary/aromatic N) is 2. The van der Waals surface area contributed by atoms with Crippen molar-refractivity contribution < 1.29 is 17.6 Å². The standard InChI is InChI=1S/C15H22FN3O3S/c1-18(2)23(21,22)10-4-8-19-9-7-17-15(20)14(19)12-5-3-6-13(16)11-12/h3,5-6,11,14H,4,7-10H2,1-2H3,(H,17,20)/t14-/m1/s1. The highest BCUT2D eigenvalue weighted by atomic mass is 32.2. The third-order valence-electron chi connectivity index (χ3n) is 3.88. The number of piperazine rings is 1. The second-order valence-electron chi connectivity index (χ2n) is 5.74. The molecule has 1 saturated heterocycles. The minimum Gasteiger partial charge on any atom is -0.353 e. The van der Waals surface area contributed by atoms with Gasteiger partial charge in [-0.1, -0.05) is 12.1 Å². The second-order valence-corrected chi connectivity index (χ2v) is 8.04. The number of sulfonamides is 1. The molecule has 0 bridgehead atoms. The Balaban J connectivity index is 2.08. The van der Waals surface area contributed by atoms with Gasteiger partial charge >= 0.3 is 0 Å². The number of amides is 1. The smallest absolute Gasteiger partial charge is 0.242 e. The average Bonchev–Trinajstić information content (AvgIpc) is 2.47. The van der Waals surface area contributed by atoms with Crippen LogP contribution in [0, 0.1) is 5.82 Å². The van der Waals surface area contributed by atoms with Crippen molar-refractivity contribution in [1.29, 1.82) is 0 Å². The Bertz CT molecular complexity index is 664. The normalized spacial score (nSPS) is 19.8. The minimum atomic E-state index is -3.26. The molecule has 6 nitrogen and oxygen atoms in total. The zero-order chi connectivity index (χ0) is 17.0. The second kappa shape index (κ2) is 7.37. The number of hydrogen-bond donors (Lipinski definition) is 1. The van der Waals surface area contributed by atoms with Crippen molar-refractivity contribution in [3.63, 3.8) is 0 Å². The van der Waals surface area contributed by atoms with Crippen LogP contribution in [0.25, 0.3) is 0 Å². The summed E-state index contributed by atoms with van der Waals surface area (Å²) in [6, 6.07) is 5.38. The average molecular weight is 343 g/mol. The van der Waals surface area contributed by atoms with E-state index in [4.69, 9.17) is 0 Å². The van der Waals surface area contributed by atoms with Crippen molar-refractivity contribution in [3.05, 3.63) is 35.6 Å². The van der Waals surface area contributed by atoms with E-state index in [9.17, 15) is 17.6 Å². The molecular weight excluding hydrogens is 321 g/mol. The highest BCUT2D eigenvalue weighted by molar-refractivity contribution is 7.89. The molecule has 8 heteroatoms. The van der Waals surface area contributed by atoms with Crippen molar-refractivity contribution >= 4 is 15.9 Å². The zero-order valence-electron chi connectivity index (χ0n) is 13.3. The van der Waals surface area contributed by atoms with E-state index in [0.717, 1.165) is 0 Å². The molecule has 2 rings (SSSR count). The molecule has 1 aromatic rings. The molecule has 0 spiro atoms. The fourth-order valence-corrected chi connectivity index (χ4v) is 3.49. The Kier molecular flexibility index (Phi) is 5.72. The van der Waals surface area contributed by atoms with Crippen LogP contribution in [0.2, 0.25) is 0 Å². The van der Waals surface area contributed by atoms with Crippen molar-refractivity contribution in [2.24, 2.45) is 0 Å². The molecule has 1 amide bonds. The van der Waals surface area contributed by atoms with Gasteiger partial charge in [-0.2, -0.15) is 0 Å². The van der Waals surface area contributed by atoms with Crippen LogP contribution < -0.4 is 5.32 Å². The maximum absolute atomic E-state index is 13.4. The van der Waals surface area contributed by atoms with E-state index in [1.807, 2.05) is 4.90 Å². The predicted molar refractivity (Wildman–Crippen MR) is 85.8 cm³/mol.